The number of rotatable bonds is 7. The van der Waals surface area contributed by atoms with E-state index in [2.05, 4.69) is 20.6 Å². The number of primary sulfonamides is 1. The van der Waals surface area contributed by atoms with Gasteiger partial charge >= 0.3 is 0 Å². The van der Waals surface area contributed by atoms with Crippen molar-refractivity contribution in [1.82, 2.24) is 15.3 Å². The van der Waals surface area contributed by atoms with Gasteiger partial charge in [-0.25, -0.2) is 31.9 Å². The lowest BCUT2D eigenvalue weighted by atomic mass is 10.2. The fraction of sp³-hybridized carbons (Fsp3) is 0.217. The highest BCUT2D eigenvalue weighted by atomic mass is 32.2. The maximum absolute atomic E-state index is 12.8. The van der Waals surface area contributed by atoms with Crippen molar-refractivity contribution < 1.29 is 16.8 Å². The van der Waals surface area contributed by atoms with E-state index < -0.39 is 19.9 Å². The molecule has 1 saturated heterocycles. The van der Waals surface area contributed by atoms with Crippen molar-refractivity contribution in [1.29, 1.82) is 0 Å². The predicted molar refractivity (Wildman–Crippen MR) is 132 cm³/mol. The molecule has 0 amide bonds. The van der Waals surface area contributed by atoms with Crippen LogP contribution in [-0.2, 0) is 19.9 Å². The fourth-order valence-corrected chi connectivity index (χ4v) is 5.96. The molecule has 0 atom stereocenters. The minimum atomic E-state index is -3.76. The molecule has 1 aliphatic rings. The molecule has 4 rings (SSSR count). The molecule has 0 saturated carbocycles. The van der Waals surface area contributed by atoms with Crippen LogP contribution >= 0.6 is 0 Å². The SMILES string of the molecule is NS(=O)(=O)c1cccc(C=Cc2cnc(Nc3ccc(S(=O)(=O)C4CCNCC4)cc3)nc2)c1. The number of nitrogens with zero attached hydrogens (tertiary/aromatic N) is 2. The number of hydrogen-bond acceptors (Lipinski definition) is 8. The van der Waals surface area contributed by atoms with E-state index in [1.165, 1.54) is 12.1 Å². The van der Waals surface area contributed by atoms with Crippen molar-refractivity contribution >= 4 is 43.6 Å². The summed E-state index contributed by atoms with van der Waals surface area (Å²) in [6, 6.07) is 12.9. The minimum Gasteiger partial charge on any atom is -0.324 e. The lowest BCUT2D eigenvalue weighted by molar-refractivity contribution is 0.496. The molecule has 0 radical (unpaired) electrons. The molecule has 1 fully saturated rings. The molecule has 0 bridgehead atoms. The van der Waals surface area contributed by atoms with E-state index in [4.69, 9.17) is 5.14 Å². The summed E-state index contributed by atoms with van der Waals surface area (Å²) in [6.07, 6.45) is 7.97. The number of piperidine rings is 1. The quantitative estimate of drug-likeness (QED) is 0.450. The second-order valence-electron chi connectivity index (χ2n) is 7.93. The number of hydrogen-bond donors (Lipinski definition) is 3. The van der Waals surface area contributed by atoms with Gasteiger partial charge in [0.15, 0.2) is 9.84 Å². The molecule has 178 valence electrons. The first-order chi connectivity index (χ1) is 16.2. The van der Waals surface area contributed by atoms with Gasteiger partial charge in [0.25, 0.3) is 0 Å². The monoisotopic (exact) mass is 499 g/mol. The average Bonchev–Trinajstić information content (AvgIpc) is 2.84. The summed E-state index contributed by atoms with van der Waals surface area (Å²) in [6.45, 7) is 1.43. The van der Waals surface area contributed by atoms with Gasteiger partial charge in [-0.3, -0.25) is 0 Å². The van der Waals surface area contributed by atoms with Crippen LogP contribution in [0, 0.1) is 0 Å². The first kappa shape index (κ1) is 24.0. The second kappa shape index (κ2) is 10.0. The zero-order chi connectivity index (χ0) is 24.2. The highest BCUT2D eigenvalue weighted by Crippen LogP contribution is 2.24. The van der Waals surface area contributed by atoms with Crippen LogP contribution in [0.4, 0.5) is 11.6 Å². The van der Waals surface area contributed by atoms with E-state index in [1.807, 2.05) is 0 Å². The molecule has 0 unspecified atom stereocenters. The first-order valence-corrected chi connectivity index (χ1v) is 13.8. The van der Waals surface area contributed by atoms with Crippen molar-refractivity contribution in [3.63, 3.8) is 0 Å². The lowest BCUT2D eigenvalue weighted by Gasteiger charge is -2.22. The molecule has 3 aromatic rings. The third-order valence-electron chi connectivity index (χ3n) is 5.49. The zero-order valence-corrected chi connectivity index (χ0v) is 19.9. The number of benzene rings is 2. The summed E-state index contributed by atoms with van der Waals surface area (Å²) < 4.78 is 48.6. The highest BCUT2D eigenvalue weighted by Gasteiger charge is 2.28. The summed E-state index contributed by atoms with van der Waals surface area (Å²) in [7, 11) is -7.11. The summed E-state index contributed by atoms with van der Waals surface area (Å²) in [5.41, 5.74) is 2.07. The van der Waals surface area contributed by atoms with Crippen LogP contribution in [0.5, 0.6) is 0 Å². The molecule has 4 N–H and O–H groups in total. The Kier molecular flexibility index (Phi) is 7.08. The van der Waals surface area contributed by atoms with Gasteiger partial charge in [0, 0.05) is 23.6 Å². The van der Waals surface area contributed by atoms with Crippen LogP contribution in [0.1, 0.15) is 24.0 Å². The second-order valence-corrected chi connectivity index (χ2v) is 11.7. The fourth-order valence-electron chi connectivity index (χ4n) is 3.63. The molecule has 1 aromatic heterocycles. The van der Waals surface area contributed by atoms with Crippen LogP contribution in [0.25, 0.3) is 12.2 Å². The largest absolute Gasteiger partial charge is 0.324 e. The van der Waals surface area contributed by atoms with Crippen LogP contribution in [0.15, 0.2) is 70.7 Å². The number of anilines is 2. The lowest BCUT2D eigenvalue weighted by Crippen LogP contribution is -2.35. The van der Waals surface area contributed by atoms with Crippen LogP contribution in [-0.4, -0.2) is 45.1 Å². The number of nitrogens with one attached hydrogen (secondary N) is 2. The molecule has 0 aliphatic carbocycles. The number of aromatic nitrogens is 2. The third-order valence-corrected chi connectivity index (χ3v) is 8.68. The van der Waals surface area contributed by atoms with Crippen LogP contribution in [0.3, 0.4) is 0 Å². The Bertz CT molecular complexity index is 1380. The zero-order valence-electron chi connectivity index (χ0n) is 18.3. The number of nitrogens with two attached hydrogens (primary N) is 1. The normalized spacial score (nSPS) is 15.4. The van der Waals surface area contributed by atoms with Gasteiger partial charge in [0.1, 0.15) is 0 Å². The van der Waals surface area contributed by atoms with Gasteiger partial charge in [-0.05, 0) is 67.9 Å². The number of sulfone groups is 1. The van der Waals surface area contributed by atoms with Gasteiger partial charge in [0.05, 0.1) is 15.0 Å². The molecule has 34 heavy (non-hydrogen) atoms. The van der Waals surface area contributed by atoms with Gasteiger partial charge in [-0.15, -0.1) is 0 Å². The Morgan fingerprint density at radius 3 is 2.18 bits per heavy atom. The van der Waals surface area contributed by atoms with Gasteiger partial charge in [-0.2, -0.15) is 0 Å². The standard InChI is InChI=1S/C23H25N5O4S2/c24-34(31,32)22-3-1-2-17(14-22)4-5-18-15-26-23(27-16-18)28-19-6-8-20(9-7-19)33(29,30)21-10-12-25-13-11-21/h1-9,14-16,21,25H,10-13H2,(H2,24,31,32)(H,26,27,28). The number of sulfonamides is 1. The van der Waals surface area contributed by atoms with E-state index in [9.17, 15) is 16.8 Å². The molecule has 11 heteroatoms. The maximum Gasteiger partial charge on any atom is 0.238 e. The Balaban J connectivity index is 1.40. The van der Waals surface area contributed by atoms with Crippen molar-refractivity contribution in [3.05, 3.63) is 72.1 Å². The Morgan fingerprint density at radius 1 is 0.882 bits per heavy atom. The van der Waals surface area contributed by atoms with Crippen LogP contribution in [0.2, 0.25) is 0 Å². The highest BCUT2D eigenvalue weighted by molar-refractivity contribution is 7.92. The van der Waals surface area contributed by atoms with Crippen molar-refractivity contribution in [3.8, 4) is 0 Å². The molecular formula is C23H25N5O4S2. The van der Waals surface area contributed by atoms with Gasteiger partial charge in [-0.1, -0.05) is 24.3 Å². The third kappa shape index (κ3) is 5.86. The van der Waals surface area contributed by atoms with Crippen molar-refractivity contribution in [2.75, 3.05) is 18.4 Å². The van der Waals surface area contributed by atoms with E-state index in [-0.39, 0.29) is 10.1 Å². The van der Waals surface area contributed by atoms with Gasteiger partial charge < -0.3 is 10.6 Å². The predicted octanol–water partition coefficient (Wildman–Crippen LogP) is 2.56. The molecular weight excluding hydrogens is 474 g/mol. The van der Waals surface area contributed by atoms with Gasteiger partial charge in [0.2, 0.25) is 16.0 Å². The molecule has 1 aliphatic heterocycles. The van der Waals surface area contributed by atoms with Crippen molar-refractivity contribution in [2.24, 2.45) is 5.14 Å². The topological polar surface area (TPSA) is 144 Å². The Morgan fingerprint density at radius 2 is 1.53 bits per heavy atom. The van der Waals surface area contributed by atoms with E-state index >= 15 is 0 Å². The molecule has 0 spiro atoms. The Labute approximate surface area is 199 Å². The minimum absolute atomic E-state index is 0.0417. The summed E-state index contributed by atoms with van der Waals surface area (Å²) >= 11 is 0. The Hall–Kier alpha value is -3.12. The summed E-state index contributed by atoms with van der Waals surface area (Å²) in [5.74, 6) is 0.363. The smallest absolute Gasteiger partial charge is 0.238 e. The average molecular weight is 500 g/mol. The first-order valence-electron chi connectivity index (χ1n) is 10.7. The summed E-state index contributed by atoms with van der Waals surface area (Å²) in [4.78, 5) is 8.91. The molecule has 2 aromatic carbocycles. The van der Waals surface area contributed by atoms with Crippen LogP contribution < -0.4 is 15.8 Å². The molecule has 9 nitrogen and oxygen atoms in total. The summed E-state index contributed by atoms with van der Waals surface area (Å²) in [5, 5.41) is 11.1. The van der Waals surface area contributed by atoms with E-state index in [0.717, 1.165) is 5.56 Å². The molecule has 2 heterocycles. The van der Waals surface area contributed by atoms with E-state index in [1.54, 1.807) is 60.9 Å². The maximum atomic E-state index is 12.8. The van der Waals surface area contributed by atoms with E-state index in [0.29, 0.717) is 48.0 Å². The van der Waals surface area contributed by atoms with Crippen molar-refractivity contribution in [2.45, 2.75) is 27.9 Å².